The molecular formula is C18H19NO5. The van der Waals surface area contributed by atoms with E-state index in [1.165, 1.54) is 14.2 Å². The molecule has 0 aliphatic heterocycles. The van der Waals surface area contributed by atoms with E-state index in [-0.39, 0.29) is 24.8 Å². The highest BCUT2D eigenvalue weighted by Gasteiger charge is 2.13. The Balaban J connectivity index is 2.20. The zero-order chi connectivity index (χ0) is 17.4. The molecule has 0 aliphatic carbocycles. The molecule has 0 bridgehead atoms. The molecule has 0 spiro atoms. The van der Waals surface area contributed by atoms with Gasteiger partial charge in [0.25, 0.3) is 0 Å². The van der Waals surface area contributed by atoms with Gasteiger partial charge in [-0.1, -0.05) is 18.2 Å². The molecule has 0 atom stereocenters. The van der Waals surface area contributed by atoms with E-state index in [9.17, 15) is 9.59 Å². The molecule has 6 heteroatoms. The number of aromatic nitrogens is 1. The summed E-state index contributed by atoms with van der Waals surface area (Å²) >= 11 is 0. The number of para-hydroxylation sites is 1. The van der Waals surface area contributed by atoms with E-state index in [1.54, 1.807) is 12.3 Å². The summed E-state index contributed by atoms with van der Waals surface area (Å²) in [6.07, 6.45) is 2.34. The lowest BCUT2D eigenvalue weighted by atomic mass is 10.0. The zero-order valence-corrected chi connectivity index (χ0v) is 13.7. The number of nitrogens with zero attached hydrogens (tertiary/aromatic N) is 1. The Hall–Kier alpha value is -2.89. The van der Waals surface area contributed by atoms with E-state index in [2.05, 4.69) is 9.72 Å². The van der Waals surface area contributed by atoms with Gasteiger partial charge in [-0.25, -0.2) is 4.98 Å². The molecule has 24 heavy (non-hydrogen) atoms. The van der Waals surface area contributed by atoms with Gasteiger partial charge >= 0.3 is 11.9 Å². The van der Waals surface area contributed by atoms with E-state index in [0.29, 0.717) is 23.6 Å². The second-order valence-electron chi connectivity index (χ2n) is 5.04. The van der Waals surface area contributed by atoms with Crippen molar-refractivity contribution < 1.29 is 23.8 Å². The van der Waals surface area contributed by atoms with Gasteiger partial charge in [0.05, 0.1) is 20.6 Å². The SMILES string of the molecule is COC(=O)CCc1cnc(Oc2ccccc2)cc1CC(=O)OC. The third-order valence-corrected chi connectivity index (χ3v) is 3.41. The molecule has 2 aromatic rings. The minimum atomic E-state index is -0.369. The average molecular weight is 329 g/mol. The van der Waals surface area contributed by atoms with Gasteiger partial charge in [0.2, 0.25) is 5.88 Å². The topological polar surface area (TPSA) is 74.7 Å². The predicted octanol–water partition coefficient (Wildman–Crippen LogP) is 2.70. The minimum Gasteiger partial charge on any atom is -0.469 e. The number of benzene rings is 1. The number of carbonyl (C=O) groups excluding carboxylic acids is 2. The van der Waals surface area contributed by atoms with Crippen LogP contribution in [0.1, 0.15) is 17.5 Å². The Bertz CT molecular complexity index is 700. The summed E-state index contributed by atoms with van der Waals surface area (Å²) < 4.78 is 15.0. The number of carbonyl (C=O) groups is 2. The third kappa shape index (κ3) is 5.08. The minimum absolute atomic E-state index is 0.0840. The lowest BCUT2D eigenvalue weighted by Crippen LogP contribution is -2.09. The Morgan fingerprint density at radius 1 is 1.00 bits per heavy atom. The second-order valence-corrected chi connectivity index (χ2v) is 5.04. The van der Waals surface area contributed by atoms with E-state index in [4.69, 9.17) is 9.47 Å². The van der Waals surface area contributed by atoms with Crippen molar-refractivity contribution in [3.8, 4) is 11.6 Å². The van der Waals surface area contributed by atoms with Crippen LogP contribution in [0, 0.1) is 0 Å². The summed E-state index contributed by atoms with van der Waals surface area (Å²) in [6.45, 7) is 0. The Labute approximate surface area is 140 Å². The number of rotatable bonds is 7. The van der Waals surface area contributed by atoms with Crippen molar-refractivity contribution in [2.24, 2.45) is 0 Å². The molecule has 0 N–H and O–H groups in total. The monoisotopic (exact) mass is 329 g/mol. The first kappa shape index (κ1) is 17.5. The number of esters is 2. The van der Waals surface area contributed by atoms with Gasteiger partial charge in [-0.2, -0.15) is 0 Å². The maximum Gasteiger partial charge on any atom is 0.309 e. The smallest absolute Gasteiger partial charge is 0.309 e. The van der Waals surface area contributed by atoms with Crippen LogP contribution in [0.3, 0.4) is 0 Å². The van der Waals surface area contributed by atoms with Crippen LogP contribution < -0.4 is 4.74 Å². The van der Waals surface area contributed by atoms with Crippen LogP contribution in [0.25, 0.3) is 0 Å². The summed E-state index contributed by atoms with van der Waals surface area (Å²) in [4.78, 5) is 27.2. The van der Waals surface area contributed by atoms with Crippen LogP contribution in [0.2, 0.25) is 0 Å². The highest BCUT2D eigenvalue weighted by molar-refractivity contribution is 5.73. The molecule has 0 saturated carbocycles. The second kappa shape index (κ2) is 8.67. The highest BCUT2D eigenvalue weighted by atomic mass is 16.5. The fraction of sp³-hybridized carbons (Fsp3) is 0.278. The van der Waals surface area contributed by atoms with Gasteiger partial charge in [-0.05, 0) is 29.7 Å². The predicted molar refractivity (Wildman–Crippen MR) is 86.8 cm³/mol. The Morgan fingerprint density at radius 3 is 2.38 bits per heavy atom. The first-order chi connectivity index (χ1) is 11.6. The highest BCUT2D eigenvalue weighted by Crippen LogP contribution is 2.22. The zero-order valence-electron chi connectivity index (χ0n) is 13.7. The van der Waals surface area contributed by atoms with Crippen molar-refractivity contribution in [1.82, 2.24) is 4.98 Å². The molecule has 2 rings (SSSR count). The van der Waals surface area contributed by atoms with Crippen molar-refractivity contribution in [3.05, 3.63) is 53.7 Å². The van der Waals surface area contributed by atoms with Gasteiger partial charge in [0.1, 0.15) is 5.75 Å². The molecule has 1 aromatic heterocycles. The van der Waals surface area contributed by atoms with Crippen LogP contribution in [0.15, 0.2) is 42.6 Å². The number of hydrogen-bond acceptors (Lipinski definition) is 6. The molecule has 0 unspecified atom stereocenters. The molecule has 126 valence electrons. The van der Waals surface area contributed by atoms with Gasteiger partial charge in [-0.15, -0.1) is 0 Å². The fourth-order valence-electron chi connectivity index (χ4n) is 2.12. The van der Waals surface area contributed by atoms with Crippen molar-refractivity contribution in [1.29, 1.82) is 0 Å². The summed E-state index contributed by atoms with van der Waals surface area (Å²) in [6, 6.07) is 10.9. The van der Waals surface area contributed by atoms with Gasteiger partial charge < -0.3 is 14.2 Å². The van der Waals surface area contributed by atoms with Crippen LogP contribution in [0.4, 0.5) is 0 Å². The summed E-state index contributed by atoms with van der Waals surface area (Å²) in [7, 11) is 2.67. The quantitative estimate of drug-likeness (QED) is 0.727. The van der Waals surface area contributed by atoms with Gasteiger partial charge in [-0.3, -0.25) is 9.59 Å². The maximum absolute atomic E-state index is 11.6. The van der Waals surface area contributed by atoms with Crippen molar-refractivity contribution in [2.75, 3.05) is 14.2 Å². The van der Waals surface area contributed by atoms with Crippen LogP contribution >= 0.6 is 0 Å². The van der Waals surface area contributed by atoms with E-state index < -0.39 is 0 Å². The van der Waals surface area contributed by atoms with Crippen LogP contribution in [0.5, 0.6) is 11.6 Å². The molecule has 6 nitrogen and oxygen atoms in total. The van der Waals surface area contributed by atoms with E-state index >= 15 is 0 Å². The van der Waals surface area contributed by atoms with Crippen LogP contribution in [-0.2, 0) is 31.9 Å². The Kier molecular flexibility index (Phi) is 6.31. The molecule has 0 amide bonds. The fourth-order valence-corrected chi connectivity index (χ4v) is 2.12. The molecule has 1 heterocycles. The van der Waals surface area contributed by atoms with E-state index in [0.717, 1.165) is 5.56 Å². The van der Waals surface area contributed by atoms with Crippen molar-refractivity contribution >= 4 is 11.9 Å². The number of aryl methyl sites for hydroxylation is 1. The number of hydrogen-bond donors (Lipinski definition) is 0. The summed E-state index contributed by atoms with van der Waals surface area (Å²) in [5, 5.41) is 0. The first-order valence-corrected chi connectivity index (χ1v) is 7.46. The summed E-state index contributed by atoms with van der Waals surface area (Å²) in [5.41, 5.74) is 1.50. The first-order valence-electron chi connectivity index (χ1n) is 7.46. The van der Waals surface area contributed by atoms with E-state index in [1.807, 2.05) is 30.3 Å². The molecule has 0 saturated heterocycles. The number of ether oxygens (including phenoxy) is 3. The van der Waals surface area contributed by atoms with Crippen LogP contribution in [-0.4, -0.2) is 31.1 Å². The molecular weight excluding hydrogens is 310 g/mol. The lowest BCUT2D eigenvalue weighted by Gasteiger charge is -2.11. The largest absolute Gasteiger partial charge is 0.469 e. The third-order valence-electron chi connectivity index (χ3n) is 3.41. The lowest BCUT2D eigenvalue weighted by molar-refractivity contribution is -0.140. The molecule has 0 aliphatic rings. The standard InChI is InChI=1S/C18H19NO5/c1-22-17(20)9-8-13-12-19-16(10-14(13)11-18(21)23-2)24-15-6-4-3-5-7-15/h3-7,10,12H,8-9,11H2,1-2H3. The maximum atomic E-state index is 11.6. The van der Waals surface area contributed by atoms with Crippen molar-refractivity contribution in [3.63, 3.8) is 0 Å². The van der Waals surface area contributed by atoms with Gasteiger partial charge in [0, 0.05) is 18.7 Å². The molecule has 1 aromatic carbocycles. The molecule has 0 radical (unpaired) electrons. The average Bonchev–Trinajstić information content (AvgIpc) is 2.61. The van der Waals surface area contributed by atoms with Crippen molar-refractivity contribution in [2.45, 2.75) is 19.3 Å². The Morgan fingerprint density at radius 2 is 1.71 bits per heavy atom. The molecule has 0 fully saturated rings. The summed E-state index contributed by atoms with van der Waals surface area (Å²) in [5.74, 6) is 0.341. The normalized spacial score (nSPS) is 10.1. The number of pyridine rings is 1. The van der Waals surface area contributed by atoms with Gasteiger partial charge in [0.15, 0.2) is 0 Å². The number of methoxy groups -OCH3 is 2.